The van der Waals surface area contributed by atoms with E-state index in [1.165, 1.54) is 153 Å². The van der Waals surface area contributed by atoms with Crippen LogP contribution in [0.4, 0.5) is 0 Å². The van der Waals surface area contributed by atoms with E-state index in [2.05, 4.69) is 5.48 Å². The Bertz CT molecular complexity index is 4610. The third-order valence-corrected chi connectivity index (χ3v) is 17.6. The van der Waals surface area contributed by atoms with Gasteiger partial charge in [-0.15, -0.1) is 0 Å². The van der Waals surface area contributed by atoms with Crippen molar-refractivity contribution in [3.05, 3.63) is 323 Å². The van der Waals surface area contributed by atoms with E-state index < -0.39 is 172 Å². The van der Waals surface area contributed by atoms with Crippen LogP contribution in [0, 0.1) is 0 Å². The summed E-state index contributed by atoms with van der Waals surface area (Å²) in [7, 11) is 1.19. The van der Waals surface area contributed by atoms with Gasteiger partial charge in [-0.3, -0.25) is 9.63 Å². The van der Waals surface area contributed by atoms with Crippen molar-refractivity contribution in [2.45, 2.75) is 99.0 Å². The fourth-order valence-electron chi connectivity index (χ4n) is 12.2. The van der Waals surface area contributed by atoms with E-state index in [1.54, 1.807) is 127 Å². The zero-order valence-corrected chi connectivity index (χ0v) is 59.4. The lowest BCUT2D eigenvalue weighted by atomic mass is 9.95. The van der Waals surface area contributed by atoms with Gasteiger partial charge in [-0.1, -0.05) is 164 Å². The van der Waals surface area contributed by atoms with Gasteiger partial charge in [0.1, 0.15) is 50.3 Å². The van der Waals surface area contributed by atoms with Gasteiger partial charge in [0.05, 0.1) is 50.1 Å². The molecule has 3 fully saturated rings. The number of hydroxylamine groups is 1. The number of hydrogen-bond donors (Lipinski definition) is 1. The number of amides is 1. The van der Waals surface area contributed by atoms with Gasteiger partial charge in [0.2, 0.25) is 5.91 Å². The average Bonchev–Trinajstić information content (AvgIpc) is 0.749. The molecule has 9 aromatic rings. The maximum Gasteiger partial charge on any atom is 0.338 e. The number of hydrogen-bond acceptors (Lipinski definition) is 26. The smallest absolute Gasteiger partial charge is 0.338 e. The fourth-order valence-corrected chi connectivity index (χ4v) is 12.2. The van der Waals surface area contributed by atoms with E-state index >= 15 is 9.59 Å². The number of benzene rings is 9. The monoisotopic (exact) mass is 1510 g/mol. The van der Waals surface area contributed by atoms with Crippen LogP contribution in [0.1, 0.15) is 100 Å². The summed E-state index contributed by atoms with van der Waals surface area (Å²) in [5.41, 5.74) is 2.09. The summed E-state index contributed by atoms with van der Waals surface area (Å²) in [4.78, 5) is 152. The number of esters is 9. The molecule has 1 unspecified atom stereocenters. The molecule has 12 rings (SSSR count). The minimum Gasteiger partial charge on any atom is -0.459 e. The Balaban J connectivity index is 1.04. The predicted octanol–water partition coefficient (Wildman–Crippen LogP) is 9.94. The highest BCUT2D eigenvalue weighted by atomic mass is 16.8. The lowest BCUT2D eigenvalue weighted by molar-refractivity contribution is -0.382. The van der Waals surface area contributed by atoms with E-state index in [4.69, 9.17) is 75.9 Å². The van der Waals surface area contributed by atoms with Crippen molar-refractivity contribution in [3.8, 4) is 0 Å². The number of carbonyl (C=O) groups is 10. The Hall–Kier alpha value is -12.6. The van der Waals surface area contributed by atoms with Crippen molar-refractivity contribution in [3.63, 3.8) is 0 Å². The third-order valence-electron chi connectivity index (χ3n) is 17.6. The maximum atomic E-state index is 15.3. The molecule has 27 nitrogen and oxygen atoms in total. The van der Waals surface area contributed by atoms with Crippen molar-refractivity contribution in [2.24, 2.45) is 0 Å². The molecule has 9 aromatic carbocycles. The normalized spacial score (nSPS) is 23.3. The second-order valence-corrected chi connectivity index (χ2v) is 25.1. The minimum absolute atomic E-state index is 0.00558. The molecule has 1 N–H and O–H groups in total. The first-order valence-electron chi connectivity index (χ1n) is 35.0. The van der Waals surface area contributed by atoms with Gasteiger partial charge in [0.15, 0.2) is 61.6 Å². The molecule has 570 valence electrons. The number of methoxy groups -OCH3 is 1. The van der Waals surface area contributed by atoms with E-state index in [1.807, 2.05) is 0 Å². The zero-order chi connectivity index (χ0) is 77.6. The lowest BCUT2D eigenvalue weighted by Gasteiger charge is -2.50. The molecule has 3 aliphatic rings. The standard InChI is InChI=1S/C84H73NO26/c1-51(86)85-111-72-69(106-79(93)58-42-24-9-25-43-58)66(109-83-71(108-81(95)60-46-28-11-29-47-60)67(105-78(92)57-40-22-8-23-41-57)64(103-76(90)55-36-18-6-19-37-55)62(101-83)49-98-74(88)53-32-14-4-15-33-53)63(50-99-75(89)54-34-16-5-17-35-54)102-84(72)110-68-65(104-77(91)56-38-20-7-21-39-56)61(48-97-73(87)52-30-12-3-13-31-52)100-82(96-2)70(68)107-80(94)59-44-26-10-27-45-59/h3-47,61-72,82-84H,48-50H2,1-2H3,(H,85,86)/t61-,62-,63-,64?,65+,66-,67+,68+,69+,70-,71-,72-,82-,83+,84+/m1/s1. The highest BCUT2D eigenvalue weighted by Crippen LogP contribution is 2.40. The highest BCUT2D eigenvalue weighted by Gasteiger charge is 2.61. The van der Waals surface area contributed by atoms with Crippen molar-refractivity contribution >= 4 is 59.6 Å². The molecule has 0 spiro atoms. The molecule has 3 heterocycles. The summed E-state index contributed by atoms with van der Waals surface area (Å²) in [6.07, 6.45) is -30.1. The van der Waals surface area contributed by atoms with E-state index in [0.29, 0.717) is 0 Å². The number of nitrogens with one attached hydrogen (secondary N) is 1. The van der Waals surface area contributed by atoms with Crippen LogP contribution in [-0.4, -0.2) is 179 Å². The molecular formula is C84H73NO26. The Morgan fingerprint density at radius 1 is 0.261 bits per heavy atom. The van der Waals surface area contributed by atoms with E-state index in [9.17, 15) is 38.4 Å². The summed E-state index contributed by atoms with van der Waals surface area (Å²) in [6, 6.07) is 68.4. The summed E-state index contributed by atoms with van der Waals surface area (Å²) < 4.78 is 97.0. The van der Waals surface area contributed by atoms with Gasteiger partial charge in [0.25, 0.3) is 0 Å². The van der Waals surface area contributed by atoms with Gasteiger partial charge < -0.3 is 71.1 Å². The van der Waals surface area contributed by atoms with Gasteiger partial charge in [-0.25, -0.2) is 48.6 Å². The van der Waals surface area contributed by atoms with Gasteiger partial charge >= 0.3 is 53.7 Å². The quantitative estimate of drug-likeness (QED) is 0.0271. The molecule has 0 aromatic heterocycles. The first-order valence-corrected chi connectivity index (χ1v) is 35.0. The summed E-state index contributed by atoms with van der Waals surface area (Å²) >= 11 is 0. The molecule has 111 heavy (non-hydrogen) atoms. The fraction of sp³-hybridized carbons (Fsp3) is 0.238. The molecule has 0 aliphatic carbocycles. The van der Waals surface area contributed by atoms with Crippen LogP contribution in [0.2, 0.25) is 0 Å². The number of carbonyl (C=O) groups excluding carboxylic acids is 10. The van der Waals surface area contributed by atoms with Crippen LogP contribution >= 0.6 is 0 Å². The van der Waals surface area contributed by atoms with Crippen molar-refractivity contribution < 1.29 is 124 Å². The molecule has 3 aliphatic heterocycles. The molecule has 0 saturated carbocycles. The second kappa shape index (κ2) is 38.0. The first-order chi connectivity index (χ1) is 54.1. The Labute approximate surface area is 635 Å². The topological polar surface area (TPSA) is 330 Å². The van der Waals surface area contributed by atoms with Gasteiger partial charge in [-0.2, -0.15) is 0 Å². The van der Waals surface area contributed by atoms with Crippen LogP contribution in [0.15, 0.2) is 273 Å². The lowest BCUT2D eigenvalue weighted by Crippen LogP contribution is -2.69. The maximum absolute atomic E-state index is 15.3. The Morgan fingerprint density at radius 3 is 0.766 bits per heavy atom. The Morgan fingerprint density at radius 2 is 0.477 bits per heavy atom. The molecule has 0 bridgehead atoms. The molecule has 27 heteroatoms. The number of rotatable bonds is 28. The molecule has 3 saturated heterocycles. The zero-order valence-electron chi connectivity index (χ0n) is 59.4. The second-order valence-electron chi connectivity index (χ2n) is 25.1. The van der Waals surface area contributed by atoms with Gasteiger partial charge in [0, 0.05) is 14.0 Å². The van der Waals surface area contributed by atoms with Crippen molar-refractivity contribution in [1.82, 2.24) is 5.48 Å². The molecule has 1 amide bonds. The molecular weight excluding hydrogens is 1440 g/mol. The Kier molecular flexibility index (Phi) is 26.7. The van der Waals surface area contributed by atoms with Crippen LogP contribution in [0.5, 0.6) is 0 Å². The van der Waals surface area contributed by atoms with Crippen molar-refractivity contribution in [1.29, 1.82) is 0 Å². The highest BCUT2D eigenvalue weighted by molar-refractivity contribution is 5.94. The van der Waals surface area contributed by atoms with Gasteiger partial charge in [-0.05, 0) is 109 Å². The summed E-state index contributed by atoms with van der Waals surface area (Å²) in [5, 5.41) is 0. The SMILES string of the molecule is CO[C@@H]1O[C@H](COC(=O)c2ccccc2)[C@H](OC(=O)c2ccccc2)[C@H](O[C@@H]2O[C@H](COC(=O)c3ccccc3)[C@@H](O[C@@H]3O[C@H](COC(=O)c4ccccc4)C(OC(=O)c4ccccc4)[C@H](OC(=O)c4ccccc4)[C@H]3OC(=O)c3ccccc3)[C@H](OC(=O)c3ccccc3)[C@H]2ONC(C)=O)[C@H]1OC(=O)c1ccccc1. The van der Waals surface area contributed by atoms with Crippen LogP contribution < -0.4 is 5.48 Å². The first kappa shape index (κ1) is 78.0. The molecule has 15 atom stereocenters. The van der Waals surface area contributed by atoms with E-state index in [0.717, 1.165) is 6.92 Å². The van der Waals surface area contributed by atoms with Crippen molar-refractivity contribution in [2.75, 3.05) is 26.9 Å². The van der Waals surface area contributed by atoms with Crippen LogP contribution in [-0.2, 0) is 80.7 Å². The largest absolute Gasteiger partial charge is 0.459 e. The number of ether oxygens (including phenoxy) is 15. The average molecular weight is 1510 g/mol. The van der Waals surface area contributed by atoms with Crippen LogP contribution in [0.25, 0.3) is 0 Å². The molecule has 0 radical (unpaired) electrons. The van der Waals surface area contributed by atoms with E-state index in [-0.39, 0.29) is 50.1 Å². The predicted molar refractivity (Wildman–Crippen MR) is 385 cm³/mol. The summed E-state index contributed by atoms with van der Waals surface area (Å²) in [5.74, 6) is -10.1. The third kappa shape index (κ3) is 20.2. The minimum atomic E-state index is -2.27. The summed E-state index contributed by atoms with van der Waals surface area (Å²) in [6.45, 7) is -1.50. The van der Waals surface area contributed by atoms with Crippen LogP contribution in [0.3, 0.4) is 0 Å².